The number of rotatable bonds is 5. The maximum absolute atomic E-state index is 12.4. The van der Waals surface area contributed by atoms with E-state index in [0.29, 0.717) is 32.4 Å². The molecule has 128 valence electrons. The van der Waals surface area contributed by atoms with Crippen LogP contribution in [0.3, 0.4) is 0 Å². The fraction of sp³-hybridized carbons (Fsp3) is 0.588. The number of amides is 1. The van der Waals surface area contributed by atoms with Gasteiger partial charge in [-0.3, -0.25) is 4.79 Å². The average molecular weight is 338 g/mol. The van der Waals surface area contributed by atoms with E-state index in [4.69, 9.17) is 0 Å². The highest BCUT2D eigenvalue weighted by Gasteiger charge is 2.30. The third kappa shape index (κ3) is 4.78. The molecule has 0 spiro atoms. The Kier molecular flexibility index (Phi) is 5.81. The fourth-order valence-corrected chi connectivity index (χ4v) is 4.62. The molecule has 1 heterocycles. The molecule has 5 nitrogen and oxygen atoms in total. The lowest BCUT2D eigenvalue weighted by atomic mass is 9.97. The summed E-state index contributed by atoms with van der Waals surface area (Å²) in [6, 6.07) is 5.96. The van der Waals surface area contributed by atoms with Gasteiger partial charge in [-0.05, 0) is 56.4 Å². The SMILES string of the molecule is CCCS(=O)(=O)N1CCC(C(=O)Nc2cc(C)cc(C)c2)CC1. The lowest BCUT2D eigenvalue weighted by Gasteiger charge is -2.30. The molecule has 6 heteroatoms. The molecule has 0 atom stereocenters. The van der Waals surface area contributed by atoms with Crippen molar-refractivity contribution in [2.45, 2.75) is 40.0 Å². The third-order valence-corrected chi connectivity index (χ3v) is 6.25. The number of piperidine rings is 1. The molecule has 1 saturated heterocycles. The van der Waals surface area contributed by atoms with E-state index in [1.165, 1.54) is 4.31 Å². The van der Waals surface area contributed by atoms with Gasteiger partial charge in [0, 0.05) is 24.7 Å². The Morgan fingerprint density at radius 3 is 2.26 bits per heavy atom. The molecule has 1 aliphatic heterocycles. The summed E-state index contributed by atoms with van der Waals surface area (Å²) in [6.07, 6.45) is 1.79. The van der Waals surface area contributed by atoms with Crippen LogP contribution >= 0.6 is 0 Å². The van der Waals surface area contributed by atoms with E-state index in [-0.39, 0.29) is 17.6 Å². The first kappa shape index (κ1) is 17.9. The van der Waals surface area contributed by atoms with Crippen molar-refractivity contribution in [2.24, 2.45) is 5.92 Å². The second-order valence-corrected chi connectivity index (χ2v) is 8.44. The number of carbonyl (C=O) groups excluding carboxylic acids is 1. The Hall–Kier alpha value is -1.40. The van der Waals surface area contributed by atoms with Gasteiger partial charge in [0.05, 0.1) is 5.75 Å². The summed E-state index contributed by atoms with van der Waals surface area (Å²) in [7, 11) is -3.15. The zero-order valence-electron chi connectivity index (χ0n) is 14.1. The molecule has 23 heavy (non-hydrogen) atoms. The van der Waals surface area contributed by atoms with Gasteiger partial charge in [-0.15, -0.1) is 0 Å². The number of nitrogens with one attached hydrogen (secondary N) is 1. The number of sulfonamides is 1. The molecule has 1 amide bonds. The quantitative estimate of drug-likeness (QED) is 0.897. The maximum atomic E-state index is 12.4. The highest BCUT2D eigenvalue weighted by atomic mass is 32.2. The van der Waals surface area contributed by atoms with Gasteiger partial charge in [-0.2, -0.15) is 0 Å². The van der Waals surface area contributed by atoms with Crippen LogP contribution in [-0.4, -0.2) is 37.5 Å². The van der Waals surface area contributed by atoms with Gasteiger partial charge in [0.2, 0.25) is 15.9 Å². The van der Waals surface area contributed by atoms with Gasteiger partial charge in [-0.1, -0.05) is 13.0 Å². The van der Waals surface area contributed by atoms with Crippen molar-refractivity contribution in [2.75, 3.05) is 24.2 Å². The van der Waals surface area contributed by atoms with Crippen LogP contribution in [0.25, 0.3) is 0 Å². The summed E-state index contributed by atoms with van der Waals surface area (Å²) >= 11 is 0. The Balaban J connectivity index is 1.93. The van der Waals surface area contributed by atoms with Crippen LogP contribution < -0.4 is 5.32 Å². The van der Waals surface area contributed by atoms with Crippen LogP contribution in [0.5, 0.6) is 0 Å². The molecule has 2 rings (SSSR count). The van der Waals surface area contributed by atoms with E-state index in [1.807, 2.05) is 32.9 Å². The Bertz CT molecular complexity index is 642. The molecule has 1 aromatic rings. The van der Waals surface area contributed by atoms with E-state index < -0.39 is 10.0 Å². The largest absolute Gasteiger partial charge is 0.326 e. The molecule has 1 N–H and O–H groups in total. The van der Waals surface area contributed by atoms with Crippen LogP contribution in [-0.2, 0) is 14.8 Å². The number of anilines is 1. The Morgan fingerprint density at radius 1 is 1.17 bits per heavy atom. The molecule has 1 fully saturated rings. The first-order valence-corrected chi connectivity index (χ1v) is 9.79. The Labute approximate surface area is 139 Å². The summed E-state index contributed by atoms with van der Waals surface area (Å²) in [6.45, 7) is 6.74. The molecule has 0 bridgehead atoms. The standard InChI is InChI=1S/C17H26N2O3S/c1-4-9-23(21,22)19-7-5-15(6-8-19)17(20)18-16-11-13(2)10-14(3)12-16/h10-12,15H,4-9H2,1-3H3,(H,18,20). The van der Waals surface area contributed by atoms with E-state index in [9.17, 15) is 13.2 Å². The fourth-order valence-electron chi connectivity index (χ4n) is 3.07. The number of hydrogen-bond donors (Lipinski definition) is 1. The molecule has 0 unspecified atom stereocenters. The van der Waals surface area contributed by atoms with E-state index in [2.05, 4.69) is 11.4 Å². The predicted octanol–water partition coefficient (Wildman–Crippen LogP) is 2.69. The minimum Gasteiger partial charge on any atom is -0.326 e. The van der Waals surface area contributed by atoms with Crippen molar-refractivity contribution < 1.29 is 13.2 Å². The number of aryl methyl sites for hydroxylation is 2. The number of hydrogen-bond acceptors (Lipinski definition) is 3. The van der Waals surface area contributed by atoms with Crippen LogP contribution in [0.4, 0.5) is 5.69 Å². The summed E-state index contributed by atoms with van der Waals surface area (Å²) in [4.78, 5) is 12.4. The molecule has 0 saturated carbocycles. The van der Waals surface area contributed by atoms with Crippen molar-refractivity contribution in [1.82, 2.24) is 4.31 Å². The van der Waals surface area contributed by atoms with E-state index >= 15 is 0 Å². The molecular weight excluding hydrogens is 312 g/mol. The van der Waals surface area contributed by atoms with E-state index in [1.54, 1.807) is 0 Å². The van der Waals surface area contributed by atoms with Gasteiger partial charge in [0.1, 0.15) is 0 Å². The van der Waals surface area contributed by atoms with Gasteiger partial charge >= 0.3 is 0 Å². The second kappa shape index (κ2) is 7.45. The summed E-state index contributed by atoms with van der Waals surface area (Å²) < 4.78 is 25.6. The van der Waals surface area contributed by atoms with Crippen LogP contribution in [0.15, 0.2) is 18.2 Å². The normalized spacial score (nSPS) is 17.2. The molecule has 0 aromatic heterocycles. The van der Waals surface area contributed by atoms with Gasteiger partial charge in [0.15, 0.2) is 0 Å². The minimum atomic E-state index is -3.15. The third-order valence-electron chi connectivity index (χ3n) is 4.17. The molecule has 1 aromatic carbocycles. The summed E-state index contributed by atoms with van der Waals surface area (Å²) in [5.74, 6) is 0.0540. The zero-order chi connectivity index (χ0) is 17.0. The first-order chi connectivity index (χ1) is 10.8. The van der Waals surface area contributed by atoms with Gasteiger partial charge in [0.25, 0.3) is 0 Å². The molecular formula is C17H26N2O3S. The minimum absolute atomic E-state index is 0.0115. The summed E-state index contributed by atoms with van der Waals surface area (Å²) in [5, 5.41) is 2.97. The van der Waals surface area contributed by atoms with Crippen LogP contribution in [0.1, 0.15) is 37.3 Å². The average Bonchev–Trinajstić information content (AvgIpc) is 2.46. The summed E-state index contributed by atoms with van der Waals surface area (Å²) in [5.41, 5.74) is 3.04. The monoisotopic (exact) mass is 338 g/mol. The molecule has 0 radical (unpaired) electrons. The van der Waals surface area contributed by atoms with Crippen molar-refractivity contribution in [3.63, 3.8) is 0 Å². The number of carbonyl (C=O) groups is 1. The van der Waals surface area contributed by atoms with Crippen LogP contribution in [0.2, 0.25) is 0 Å². The second-order valence-electron chi connectivity index (χ2n) is 6.35. The Morgan fingerprint density at radius 2 is 1.74 bits per heavy atom. The van der Waals surface area contributed by atoms with Crippen molar-refractivity contribution in [3.05, 3.63) is 29.3 Å². The van der Waals surface area contributed by atoms with Crippen molar-refractivity contribution in [1.29, 1.82) is 0 Å². The van der Waals surface area contributed by atoms with Crippen LogP contribution in [0, 0.1) is 19.8 Å². The van der Waals surface area contributed by atoms with E-state index in [0.717, 1.165) is 16.8 Å². The topological polar surface area (TPSA) is 66.5 Å². The number of nitrogens with zero attached hydrogens (tertiary/aromatic N) is 1. The maximum Gasteiger partial charge on any atom is 0.227 e. The van der Waals surface area contributed by atoms with Crippen molar-refractivity contribution >= 4 is 21.6 Å². The van der Waals surface area contributed by atoms with Crippen molar-refractivity contribution in [3.8, 4) is 0 Å². The van der Waals surface area contributed by atoms with Gasteiger partial charge in [-0.25, -0.2) is 12.7 Å². The lowest BCUT2D eigenvalue weighted by Crippen LogP contribution is -2.42. The lowest BCUT2D eigenvalue weighted by molar-refractivity contribution is -0.120. The first-order valence-electron chi connectivity index (χ1n) is 8.19. The predicted molar refractivity (Wildman–Crippen MR) is 92.9 cm³/mol. The molecule has 1 aliphatic rings. The van der Waals surface area contributed by atoms with Gasteiger partial charge < -0.3 is 5.32 Å². The molecule has 0 aliphatic carbocycles. The number of benzene rings is 1. The highest BCUT2D eigenvalue weighted by molar-refractivity contribution is 7.89. The zero-order valence-corrected chi connectivity index (χ0v) is 14.9. The highest BCUT2D eigenvalue weighted by Crippen LogP contribution is 2.22. The smallest absolute Gasteiger partial charge is 0.227 e.